The third-order valence-corrected chi connectivity index (χ3v) is 4.25. The minimum absolute atomic E-state index is 0.0915. The van der Waals surface area contributed by atoms with Crippen molar-refractivity contribution in [2.24, 2.45) is 0 Å². The molecule has 1 aromatic heterocycles. The van der Waals surface area contributed by atoms with E-state index in [0.29, 0.717) is 6.61 Å². The fourth-order valence-electron chi connectivity index (χ4n) is 2.71. The topological polar surface area (TPSA) is 61.7 Å². The number of rotatable bonds is 5. The summed E-state index contributed by atoms with van der Waals surface area (Å²) in [5.41, 5.74) is 0.833. The summed E-state index contributed by atoms with van der Waals surface area (Å²) in [6.45, 7) is 12.9. The normalized spacial score (nSPS) is 18.3. The van der Waals surface area contributed by atoms with E-state index in [-0.39, 0.29) is 18.1 Å². The van der Waals surface area contributed by atoms with Crippen molar-refractivity contribution in [3.63, 3.8) is 0 Å². The highest BCUT2D eigenvalue weighted by Gasteiger charge is 2.24. The van der Waals surface area contributed by atoms with Crippen LogP contribution in [0, 0.1) is 0 Å². The van der Waals surface area contributed by atoms with Gasteiger partial charge in [0, 0.05) is 50.8 Å². The Balaban J connectivity index is 2.17. The Kier molecular flexibility index (Phi) is 5.95. The van der Waals surface area contributed by atoms with Gasteiger partial charge in [-0.25, -0.2) is 9.97 Å². The Bertz CT molecular complexity index is 508. The van der Waals surface area contributed by atoms with Crippen molar-refractivity contribution in [2.45, 2.75) is 45.8 Å². The minimum Gasteiger partial charge on any atom is -0.395 e. The molecule has 23 heavy (non-hydrogen) atoms. The summed E-state index contributed by atoms with van der Waals surface area (Å²) >= 11 is 0. The predicted molar refractivity (Wildman–Crippen MR) is 91.8 cm³/mol. The van der Waals surface area contributed by atoms with E-state index in [1.54, 1.807) is 7.11 Å². The highest BCUT2D eigenvalue weighted by Crippen LogP contribution is 2.23. The second kappa shape index (κ2) is 7.55. The number of anilines is 1. The zero-order valence-corrected chi connectivity index (χ0v) is 15.0. The monoisotopic (exact) mass is 322 g/mol. The highest BCUT2D eigenvalue weighted by molar-refractivity contribution is 5.41. The molecular formula is C17H30N4O2. The van der Waals surface area contributed by atoms with Gasteiger partial charge in [0.2, 0.25) is 0 Å². The number of hydrogen-bond donors (Lipinski definition) is 1. The lowest BCUT2D eigenvalue weighted by Gasteiger charge is -2.38. The first-order valence-corrected chi connectivity index (χ1v) is 8.32. The molecule has 0 saturated carbocycles. The van der Waals surface area contributed by atoms with Gasteiger partial charge in [-0.2, -0.15) is 0 Å². The number of methoxy groups -OCH3 is 1. The summed E-state index contributed by atoms with van der Waals surface area (Å²) in [6, 6.07) is 2.25. The Morgan fingerprint density at radius 1 is 1.22 bits per heavy atom. The summed E-state index contributed by atoms with van der Waals surface area (Å²) in [7, 11) is 1.69. The lowest BCUT2D eigenvalue weighted by Crippen LogP contribution is -2.50. The largest absolute Gasteiger partial charge is 0.395 e. The van der Waals surface area contributed by atoms with E-state index in [1.165, 1.54) is 0 Å². The summed E-state index contributed by atoms with van der Waals surface area (Å²) in [6.07, 6.45) is 0. The van der Waals surface area contributed by atoms with Crippen LogP contribution < -0.4 is 4.90 Å². The Morgan fingerprint density at radius 3 is 2.39 bits per heavy atom. The van der Waals surface area contributed by atoms with E-state index >= 15 is 0 Å². The average molecular weight is 322 g/mol. The molecule has 1 aliphatic heterocycles. The maximum Gasteiger partial charge on any atom is 0.136 e. The lowest BCUT2D eigenvalue weighted by molar-refractivity contribution is 0.128. The number of aliphatic hydroxyl groups is 1. The van der Waals surface area contributed by atoms with Crippen LogP contribution in [-0.4, -0.2) is 65.9 Å². The Labute approximate surface area is 139 Å². The molecule has 2 rings (SSSR count). The Morgan fingerprint density at radius 2 is 1.87 bits per heavy atom. The zero-order valence-electron chi connectivity index (χ0n) is 15.0. The van der Waals surface area contributed by atoms with Crippen LogP contribution in [-0.2, 0) is 16.8 Å². The van der Waals surface area contributed by atoms with Gasteiger partial charge >= 0.3 is 0 Å². The van der Waals surface area contributed by atoms with Gasteiger partial charge in [-0.15, -0.1) is 0 Å². The van der Waals surface area contributed by atoms with Crippen molar-refractivity contribution in [3.8, 4) is 0 Å². The number of hydrogen-bond acceptors (Lipinski definition) is 6. The summed E-state index contributed by atoms with van der Waals surface area (Å²) in [4.78, 5) is 14.1. The lowest BCUT2D eigenvalue weighted by atomic mass is 9.95. The fraction of sp³-hybridized carbons (Fsp3) is 0.765. The van der Waals surface area contributed by atoms with Gasteiger partial charge in [0.15, 0.2) is 0 Å². The SMILES string of the molecule is COCc1cc(N2CCN(C(C)CO)CC2)nc(C(C)(C)C)n1. The molecule has 1 saturated heterocycles. The van der Waals surface area contributed by atoms with Crippen LogP contribution >= 0.6 is 0 Å². The Hall–Kier alpha value is -1.24. The van der Waals surface area contributed by atoms with Crippen molar-refractivity contribution in [1.29, 1.82) is 0 Å². The van der Waals surface area contributed by atoms with Crippen molar-refractivity contribution >= 4 is 5.82 Å². The molecule has 1 aliphatic rings. The number of piperazine rings is 1. The molecule has 1 aromatic rings. The van der Waals surface area contributed by atoms with Crippen molar-refractivity contribution < 1.29 is 9.84 Å². The third kappa shape index (κ3) is 4.62. The molecule has 130 valence electrons. The van der Waals surface area contributed by atoms with Gasteiger partial charge in [0.05, 0.1) is 18.9 Å². The number of aromatic nitrogens is 2. The van der Waals surface area contributed by atoms with Gasteiger partial charge < -0.3 is 14.7 Å². The summed E-state index contributed by atoms with van der Waals surface area (Å²) in [5.74, 6) is 1.83. The van der Waals surface area contributed by atoms with Gasteiger partial charge in [0.25, 0.3) is 0 Å². The third-order valence-electron chi connectivity index (χ3n) is 4.25. The van der Waals surface area contributed by atoms with Gasteiger partial charge in [-0.05, 0) is 6.92 Å². The molecule has 1 atom stereocenters. The molecule has 0 radical (unpaired) electrons. The number of ether oxygens (including phenoxy) is 1. The van der Waals surface area contributed by atoms with Crippen LogP contribution in [0.5, 0.6) is 0 Å². The first-order valence-electron chi connectivity index (χ1n) is 8.32. The molecule has 0 aromatic carbocycles. The second-order valence-corrected chi connectivity index (χ2v) is 7.28. The van der Waals surface area contributed by atoms with Crippen LogP contribution in [0.15, 0.2) is 6.07 Å². The molecule has 1 N–H and O–H groups in total. The first-order chi connectivity index (χ1) is 10.8. The highest BCUT2D eigenvalue weighted by atomic mass is 16.5. The zero-order chi connectivity index (χ0) is 17.0. The number of aliphatic hydroxyl groups excluding tert-OH is 1. The molecule has 6 nitrogen and oxygen atoms in total. The molecular weight excluding hydrogens is 292 g/mol. The van der Waals surface area contributed by atoms with Crippen LogP contribution in [0.2, 0.25) is 0 Å². The molecule has 1 fully saturated rings. The minimum atomic E-state index is -0.0915. The van der Waals surface area contributed by atoms with Crippen LogP contribution in [0.4, 0.5) is 5.82 Å². The van der Waals surface area contributed by atoms with Crippen molar-refractivity contribution in [1.82, 2.24) is 14.9 Å². The first kappa shape index (κ1) is 18.1. The van der Waals surface area contributed by atoms with Crippen molar-refractivity contribution in [2.75, 3.05) is 44.8 Å². The van der Waals surface area contributed by atoms with Crippen LogP contribution in [0.1, 0.15) is 39.2 Å². The van der Waals surface area contributed by atoms with E-state index in [2.05, 4.69) is 42.5 Å². The van der Waals surface area contributed by atoms with Gasteiger partial charge in [-0.3, -0.25) is 4.90 Å². The molecule has 0 amide bonds. The number of nitrogens with zero attached hydrogens (tertiary/aromatic N) is 4. The maximum atomic E-state index is 9.30. The molecule has 0 spiro atoms. The molecule has 0 aliphatic carbocycles. The fourth-order valence-corrected chi connectivity index (χ4v) is 2.71. The van der Waals surface area contributed by atoms with E-state index in [0.717, 1.165) is 43.5 Å². The average Bonchev–Trinajstić information content (AvgIpc) is 2.53. The van der Waals surface area contributed by atoms with E-state index < -0.39 is 0 Å². The van der Waals surface area contributed by atoms with Gasteiger partial charge in [-0.1, -0.05) is 20.8 Å². The standard InChI is InChI=1S/C17H30N4O2/c1-13(11-22)20-6-8-21(9-7-20)15-10-14(12-23-5)18-16(19-15)17(2,3)4/h10,13,22H,6-9,11-12H2,1-5H3. The van der Waals surface area contributed by atoms with Crippen LogP contribution in [0.3, 0.4) is 0 Å². The van der Waals surface area contributed by atoms with Crippen LogP contribution in [0.25, 0.3) is 0 Å². The molecule has 6 heteroatoms. The summed E-state index contributed by atoms with van der Waals surface area (Å²) in [5, 5.41) is 9.30. The predicted octanol–water partition coefficient (Wildman–Crippen LogP) is 1.42. The van der Waals surface area contributed by atoms with E-state index in [4.69, 9.17) is 9.72 Å². The summed E-state index contributed by atoms with van der Waals surface area (Å²) < 4.78 is 5.26. The van der Waals surface area contributed by atoms with E-state index in [9.17, 15) is 5.11 Å². The second-order valence-electron chi connectivity index (χ2n) is 7.28. The quantitative estimate of drug-likeness (QED) is 0.885. The van der Waals surface area contributed by atoms with Crippen molar-refractivity contribution in [3.05, 3.63) is 17.6 Å². The molecule has 2 heterocycles. The maximum absolute atomic E-state index is 9.30. The molecule has 0 bridgehead atoms. The molecule has 1 unspecified atom stereocenters. The smallest absolute Gasteiger partial charge is 0.136 e. The van der Waals surface area contributed by atoms with E-state index in [1.807, 2.05) is 6.07 Å². The van der Waals surface area contributed by atoms with Gasteiger partial charge in [0.1, 0.15) is 11.6 Å².